The van der Waals surface area contributed by atoms with Crippen LogP contribution in [0.15, 0.2) is 23.1 Å². The Balaban J connectivity index is 2.70. The summed E-state index contributed by atoms with van der Waals surface area (Å²) in [5, 5.41) is 10.1. The van der Waals surface area contributed by atoms with Gasteiger partial charge in [0.05, 0.1) is 5.02 Å². The molecule has 0 bridgehead atoms. The lowest BCUT2D eigenvalue weighted by Gasteiger charge is -2.08. The van der Waals surface area contributed by atoms with Crippen LogP contribution in [-0.2, 0) is 6.42 Å². The predicted molar refractivity (Wildman–Crippen MR) is 67.9 cm³/mol. The van der Waals surface area contributed by atoms with Crippen molar-refractivity contribution in [2.24, 2.45) is 0 Å². The van der Waals surface area contributed by atoms with E-state index in [1.807, 2.05) is 6.07 Å². The highest BCUT2D eigenvalue weighted by molar-refractivity contribution is 8.00. The summed E-state index contributed by atoms with van der Waals surface area (Å²) in [6.07, 6.45) is 1.69. The summed E-state index contributed by atoms with van der Waals surface area (Å²) in [6.45, 7) is 4.54. The van der Waals surface area contributed by atoms with Crippen molar-refractivity contribution >= 4 is 23.4 Å². The van der Waals surface area contributed by atoms with E-state index in [9.17, 15) is 0 Å². The molecule has 0 amide bonds. The Hall–Kier alpha value is -0.180. The fourth-order valence-electron chi connectivity index (χ4n) is 1.33. The highest BCUT2D eigenvalue weighted by Gasteiger charge is 2.04. The third-order valence-corrected chi connectivity index (χ3v) is 3.49. The van der Waals surface area contributed by atoms with Crippen LogP contribution in [0.3, 0.4) is 0 Å². The van der Waals surface area contributed by atoms with E-state index < -0.39 is 0 Å². The summed E-state index contributed by atoms with van der Waals surface area (Å²) in [7, 11) is 0. The molecule has 0 unspecified atom stereocenters. The fourth-order valence-corrected chi connectivity index (χ4v) is 2.50. The van der Waals surface area contributed by atoms with Gasteiger partial charge in [0, 0.05) is 16.8 Å². The number of rotatable bonds is 5. The molecule has 0 aromatic heterocycles. The molecule has 0 aliphatic heterocycles. The Morgan fingerprint density at radius 1 is 1.40 bits per heavy atom. The minimum Gasteiger partial charge on any atom is -0.396 e. The maximum absolute atomic E-state index is 8.73. The van der Waals surface area contributed by atoms with Crippen molar-refractivity contribution in [2.75, 3.05) is 6.61 Å². The van der Waals surface area contributed by atoms with Gasteiger partial charge >= 0.3 is 0 Å². The number of aryl methyl sites for hydroxylation is 1. The molecule has 0 aliphatic carbocycles. The molecule has 3 heteroatoms. The lowest BCUT2D eigenvalue weighted by Crippen LogP contribution is -1.91. The molecular weight excluding hydrogens is 228 g/mol. The second-order valence-corrected chi connectivity index (χ2v) is 5.78. The lowest BCUT2D eigenvalue weighted by atomic mass is 10.1. The van der Waals surface area contributed by atoms with Crippen LogP contribution >= 0.6 is 23.4 Å². The summed E-state index contributed by atoms with van der Waals surface area (Å²) in [5.74, 6) is 0. The minimum absolute atomic E-state index is 0.236. The predicted octanol–water partition coefficient (Wildman–Crippen LogP) is 3.77. The van der Waals surface area contributed by atoms with Crippen LogP contribution in [0.5, 0.6) is 0 Å². The van der Waals surface area contributed by atoms with Gasteiger partial charge in [0.15, 0.2) is 0 Å². The second-order valence-electron chi connectivity index (χ2n) is 3.76. The average Bonchev–Trinajstić information content (AvgIpc) is 2.18. The molecule has 15 heavy (non-hydrogen) atoms. The average molecular weight is 245 g/mol. The van der Waals surface area contributed by atoms with E-state index >= 15 is 0 Å². The molecule has 84 valence electrons. The zero-order valence-corrected chi connectivity index (χ0v) is 10.7. The van der Waals surface area contributed by atoms with Crippen LogP contribution in [0.1, 0.15) is 25.8 Å². The van der Waals surface area contributed by atoms with Crippen LogP contribution in [0.25, 0.3) is 0 Å². The first-order chi connectivity index (χ1) is 7.13. The first kappa shape index (κ1) is 12.9. The Morgan fingerprint density at radius 3 is 2.67 bits per heavy atom. The van der Waals surface area contributed by atoms with Crippen molar-refractivity contribution in [3.63, 3.8) is 0 Å². The molecular formula is C12H17ClOS. The Morgan fingerprint density at radius 2 is 2.13 bits per heavy atom. The molecule has 0 radical (unpaired) electrons. The summed E-state index contributed by atoms with van der Waals surface area (Å²) in [6, 6.07) is 6.16. The van der Waals surface area contributed by atoms with E-state index in [1.54, 1.807) is 11.8 Å². The largest absolute Gasteiger partial charge is 0.396 e. The smallest absolute Gasteiger partial charge is 0.0544 e. The van der Waals surface area contributed by atoms with Gasteiger partial charge in [0.1, 0.15) is 0 Å². The third kappa shape index (κ3) is 4.45. The van der Waals surface area contributed by atoms with Crippen LogP contribution < -0.4 is 0 Å². The Labute approximate surface area is 101 Å². The second kappa shape index (κ2) is 6.41. The van der Waals surface area contributed by atoms with Crippen molar-refractivity contribution in [1.82, 2.24) is 0 Å². The number of halogens is 1. The molecule has 1 aromatic carbocycles. The maximum Gasteiger partial charge on any atom is 0.0544 e. The summed E-state index contributed by atoms with van der Waals surface area (Å²) in [4.78, 5) is 1.14. The zero-order valence-electron chi connectivity index (χ0n) is 9.16. The molecule has 1 N–H and O–H groups in total. The van der Waals surface area contributed by atoms with E-state index in [1.165, 1.54) is 5.56 Å². The number of aliphatic hydroxyl groups is 1. The van der Waals surface area contributed by atoms with E-state index in [2.05, 4.69) is 26.0 Å². The van der Waals surface area contributed by atoms with E-state index in [0.717, 1.165) is 22.8 Å². The molecule has 1 rings (SSSR count). The Bertz CT molecular complexity index is 312. The maximum atomic E-state index is 8.73. The van der Waals surface area contributed by atoms with Gasteiger partial charge in [-0.05, 0) is 30.5 Å². The topological polar surface area (TPSA) is 20.2 Å². The van der Waals surface area contributed by atoms with Gasteiger partial charge in [-0.2, -0.15) is 0 Å². The van der Waals surface area contributed by atoms with Gasteiger partial charge < -0.3 is 5.11 Å². The summed E-state index contributed by atoms with van der Waals surface area (Å²) < 4.78 is 0. The van der Waals surface area contributed by atoms with Crippen LogP contribution in [0, 0.1) is 0 Å². The molecule has 1 nitrogen and oxygen atoms in total. The third-order valence-electron chi connectivity index (χ3n) is 1.98. The van der Waals surface area contributed by atoms with Gasteiger partial charge in [-0.3, -0.25) is 0 Å². The lowest BCUT2D eigenvalue weighted by molar-refractivity contribution is 0.288. The first-order valence-corrected chi connectivity index (χ1v) is 6.45. The van der Waals surface area contributed by atoms with E-state index in [-0.39, 0.29) is 6.61 Å². The summed E-state index contributed by atoms with van der Waals surface area (Å²) >= 11 is 7.95. The quantitative estimate of drug-likeness (QED) is 0.796. The number of benzene rings is 1. The molecule has 0 fully saturated rings. The highest BCUT2D eigenvalue weighted by atomic mass is 35.5. The van der Waals surface area contributed by atoms with Gasteiger partial charge in [0.25, 0.3) is 0 Å². The van der Waals surface area contributed by atoms with Gasteiger partial charge in [-0.1, -0.05) is 31.5 Å². The van der Waals surface area contributed by atoms with Gasteiger partial charge in [-0.15, -0.1) is 11.8 Å². The number of hydrogen-bond acceptors (Lipinski definition) is 2. The van der Waals surface area contributed by atoms with Crippen molar-refractivity contribution in [3.05, 3.63) is 28.8 Å². The van der Waals surface area contributed by atoms with Crippen LogP contribution in [0.4, 0.5) is 0 Å². The fraction of sp³-hybridized carbons (Fsp3) is 0.500. The minimum atomic E-state index is 0.236. The zero-order chi connectivity index (χ0) is 11.3. The van der Waals surface area contributed by atoms with Crippen molar-refractivity contribution in [2.45, 2.75) is 36.8 Å². The molecule has 0 atom stereocenters. The van der Waals surface area contributed by atoms with E-state index in [0.29, 0.717) is 5.25 Å². The summed E-state index contributed by atoms with van der Waals surface area (Å²) in [5.41, 5.74) is 1.20. The number of hydrogen-bond donors (Lipinski definition) is 1. The molecule has 0 saturated heterocycles. The normalized spacial score (nSPS) is 11.0. The molecule has 0 spiro atoms. The standard InChI is InChI=1S/C12H17ClOS/c1-9(2)15-12-6-5-10(4-3-7-14)8-11(12)13/h5-6,8-9,14H,3-4,7H2,1-2H3. The van der Waals surface area contributed by atoms with Crippen molar-refractivity contribution < 1.29 is 5.11 Å². The highest BCUT2D eigenvalue weighted by Crippen LogP contribution is 2.31. The number of thioether (sulfide) groups is 1. The molecule has 0 saturated carbocycles. The molecule has 0 aliphatic rings. The Kier molecular flexibility index (Phi) is 5.51. The molecule has 0 heterocycles. The van der Waals surface area contributed by atoms with Gasteiger partial charge in [0.2, 0.25) is 0 Å². The molecule has 1 aromatic rings. The van der Waals surface area contributed by atoms with Crippen LogP contribution in [-0.4, -0.2) is 17.0 Å². The van der Waals surface area contributed by atoms with Crippen LogP contribution in [0.2, 0.25) is 5.02 Å². The number of aliphatic hydroxyl groups excluding tert-OH is 1. The van der Waals surface area contributed by atoms with Gasteiger partial charge in [-0.25, -0.2) is 0 Å². The SMILES string of the molecule is CC(C)Sc1ccc(CCCO)cc1Cl. The van der Waals surface area contributed by atoms with Crippen molar-refractivity contribution in [3.8, 4) is 0 Å². The van der Waals surface area contributed by atoms with Crippen molar-refractivity contribution in [1.29, 1.82) is 0 Å². The monoisotopic (exact) mass is 244 g/mol. The van der Waals surface area contributed by atoms with E-state index in [4.69, 9.17) is 16.7 Å². The first-order valence-electron chi connectivity index (χ1n) is 5.19.